The van der Waals surface area contributed by atoms with Crippen molar-refractivity contribution in [3.63, 3.8) is 0 Å². The van der Waals surface area contributed by atoms with Crippen LogP contribution in [0.5, 0.6) is 0 Å². The molecule has 0 aromatic heterocycles. The summed E-state index contributed by atoms with van der Waals surface area (Å²) in [5.74, 6) is -2.79. The molecule has 0 bridgehead atoms. The zero-order valence-electron chi connectivity index (χ0n) is 21.5. The molecule has 0 aliphatic carbocycles. The Hall–Kier alpha value is -2.48. The molecule has 0 aromatic rings. The number of hydrogen-bond acceptors (Lipinski definition) is 14. The van der Waals surface area contributed by atoms with Gasteiger partial charge in [0.15, 0.2) is 24.7 Å². The normalized spacial score (nSPS) is 39.8. The van der Waals surface area contributed by atoms with Gasteiger partial charge in [-0.25, -0.2) is 4.79 Å². The van der Waals surface area contributed by atoms with E-state index in [0.717, 1.165) is 13.8 Å². The van der Waals surface area contributed by atoms with Crippen molar-refractivity contribution >= 4 is 23.7 Å². The van der Waals surface area contributed by atoms with E-state index in [-0.39, 0.29) is 6.61 Å². The van der Waals surface area contributed by atoms with Gasteiger partial charge >= 0.3 is 5.97 Å². The molecule has 3 aliphatic rings. The first-order chi connectivity index (χ1) is 18.4. The summed E-state index contributed by atoms with van der Waals surface area (Å²) in [4.78, 5) is 48.1. The quantitative estimate of drug-likeness (QED) is 0.0908. The molecule has 0 spiro atoms. The number of amides is 3. The number of carbonyl (C=O) groups is 4. The fourth-order valence-corrected chi connectivity index (χ4v) is 4.47. The van der Waals surface area contributed by atoms with Gasteiger partial charge in [-0.1, -0.05) is 0 Å². The van der Waals surface area contributed by atoms with Crippen LogP contribution in [0.2, 0.25) is 0 Å². The maximum Gasteiger partial charge on any atom is 0.338 e. The molecule has 3 heterocycles. The van der Waals surface area contributed by atoms with E-state index >= 15 is 0 Å². The number of aliphatic hydroxyl groups is 5. The smallest absolute Gasteiger partial charge is 0.338 e. The highest BCUT2D eigenvalue weighted by atomic mass is 16.7. The first-order valence-corrected chi connectivity index (χ1v) is 12.3. The summed E-state index contributed by atoms with van der Waals surface area (Å²) < 4.78 is 26.9. The highest BCUT2D eigenvalue weighted by molar-refractivity contribution is 5.92. The lowest BCUT2D eigenvalue weighted by Crippen LogP contribution is -2.71. The minimum atomic E-state index is -1.68. The molecular weight excluding hydrogens is 530 g/mol. The number of hydrogen-bond donors (Lipinski definition) is 8. The van der Waals surface area contributed by atoms with Crippen LogP contribution < -0.4 is 16.0 Å². The summed E-state index contributed by atoms with van der Waals surface area (Å²) in [6.45, 7) is 2.45. The van der Waals surface area contributed by atoms with Crippen LogP contribution in [-0.2, 0) is 42.9 Å². The summed E-state index contributed by atoms with van der Waals surface area (Å²) in [6, 6.07) is -2.72. The SMILES string of the molecule is CCOC(=O)[C@@H]1O[C@H]1C(=O)N[C@@H]1O[C@H](CO)[C@@H](O[C@@H]2O[C@H](CO)[C@@H](O)[C@H](O)[C@H]2NC(C)=O)[C@H](O)[C@H]1NC(C)=O. The molecule has 3 rings (SSSR count). The first-order valence-electron chi connectivity index (χ1n) is 12.3. The van der Waals surface area contributed by atoms with E-state index in [1.54, 1.807) is 6.92 Å². The third-order valence-electron chi connectivity index (χ3n) is 6.36. The second kappa shape index (κ2) is 13.2. The van der Waals surface area contributed by atoms with E-state index in [1.807, 2.05) is 0 Å². The van der Waals surface area contributed by atoms with Crippen molar-refractivity contribution in [2.24, 2.45) is 0 Å². The van der Waals surface area contributed by atoms with Gasteiger partial charge in [0.2, 0.25) is 11.8 Å². The van der Waals surface area contributed by atoms with Crippen LogP contribution in [0.1, 0.15) is 20.8 Å². The summed E-state index contributed by atoms with van der Waals surface area (Å²) in [6.07, 6.45) is -14.4. The minimum Gasteiger partial charge on any atom is -0.464 e. The number of rotatable bonds is 10. The van der Waals surface area contributed by atoms with Crippen LogP contribution in [0.15, 0.2) is 0 Å². The number of carbonyl (C=O) groups excluding carboxylic acids is 4. The second-order valence-corrected chi connectivity index (χ2v) is 9.27. The molecule has 8 N–H and O–H groups in total. The lowest BCUT2D eigenvalue weighted by molar-refractivity contribution is -0.315. The summed E-state index contributed by atoms with van der Waals surface area (Å²) in [7, 11) is 0. The van der Waals surface area contributed by atoms with Crippen LogP contribution in [0, 0.1) is 0 Å². The predicted molar refractivity (Wildman–Crippen MR) is 123 cm³/mol. The van der Waals surface area contributed by atoms with Crippen molar-refractivity contribution in [2.75, 3.05) is 19.8 Å². The topological polar surface area (TPSA) is 255 Å². The van der Waals surface area contributed by atoms with Crippen molar-refractivity contribution < 1.29 is 68.4 Å². The van der Waals surface area contributed by atoms with Crippen LogP contribution in [0.25, 0.3) is 0 Å². The van der Waals surface area contributed by atoms with E-state index in [0.29, 0.717) is 0 Å². The number of aliphatic hydroxyl groups excluding tert-OH is 5. The zero-order valence-corrected chi connectivity index (χ0v) is 21.5. The van der Waals surface area contributed by atoms with Gasteiger partial charge in [-0.15, -0.1) is 0 Å². The van der Waals surface area contributed by atoms with Gasteiger partial charge in [-0.2, -0.15) is 0 Å². The van der Waals surface area contributed by atoms with Gasteiger partial charge < -0.3 is 65.2 Å². The minimum absolute atomic E-state index is 0.0810. The lowest BCUT2D eigenvalue weighted by atomic mass is 9.94. The number of ether oxygens (including phenoxy) is 5. The largest absolute Gasteiger partial charge is 0.464 e. The number of esters is 1. The van der Waals surface area contributed by atoms with Gasteiger partial charge in [0, 0.05) is 13.8 Å². The highest BCUT2D eigenvalue weighted by Crippen LogP contribution is 2.30. The molecule has 39 heavy (non-hydrogen) atoms. The van der Waals surface area contributed by atoms with Crippen LogP contribution in [0.3, 0.4) is 0 Å². The van der Waals surface area contributed by atoms with E-state index in [1.165, 1.54) is 0 Å². The monoisotopic (exact) mass is 565 g/mol. The fourth-order valence-electron chi connectivity index (χ4n) is 4.47. The maximum atomic E-state index is 12.7. The summed E-state index contributed by atoms with van der Waals surface area (Å²) in [5.41, 5.74) is 0. The van der Waals surface area contributed by atoms with Gasteiger partial charge in [-0.05, 0) is 6.92 Å². The molecule has 3 fully saturated rings. The van der Waals surface area contributed by atoms with Crippen molar-refractivity contribution in [1.82, 2.24) is 16.0 Å². The summed E-state index contributed by atoms with van der Waals surface area (Å²) in [5, 5.41) is 58.6. The van der Waals surface area contributed by atoms with Gasteiger partial charge in [-0.3, -0.25) is 14.4 Å². The highest BCUT2D eigenvalue weighted by Gasteiger charge is 2.55. The predicted octanol–water partition coefficient (Wildman–Crippen LogP) is -5.66. The van der Waals surface area contributed by atoms with E-state index < -0.39 is 110 Å². The molecule has 17 nitrogen and oxygen atoms in total. The molecule has 0 aromatic carbocycles. The molecule has 0 unspecified atom stereocenters. The van der Waals surface area contributed by atoms with Crippen LogP contribution >= 0.6 is 0 Å². The van der Waals surface area contributed by atoms with Gasteiger partial charge in [0.05, 0.1) is 19.8 Å². The molecule has 17 heteroatoms. The Morgan fingerprint density at radius 2 is 1.38 bits per heavy atom. The Bertz CT molecular complexity index is 907. The van der Waals surface area contributed by atoms with Crippen LogP contribution in [0.4, 0.5) is 0 Å². The van der Waals surface area contributed by atoms with E-state index in [2.05, 4.69) is 16.0 Å². The molecule has 3 amide bonds. The summed E-state index contributed by atoms with van der Waals surface area (Å²) >= 11 is 0. The molecule has 3 saturated heterocycles. The molecular formula is C22H35N3O14. The van der Waals surface area contributed by atoms with Gasteiger partial charge in [0.25, 0.3) is 5.91 Å². The van der Waals surface area contributed by atoms with Crippen molar-refractivity contribution in [1.29, 1.82) is 0 Å². The average molecular weight is 566 g/mol. The molecule has 3 aliphatic heterocycles. The molecule has 0 radical (unpaired) electrons. The first kappa shape index (κ1) is 31.1. The Labute approximate surface area is 222 Å². The standard InChI is InChI=1S/C22H35N3O14/c1-4-35-21(34)18-17(38-18)19(33)25-20-11(23-7(2)28)15(32)16(10(6-27)36-20)39-22-12(24-8(3)29)14(31)13(30)9(5-26)37-22/h9-18,20,22,26-27,30-32H,4-6H2,1-3H3,(H,23,28)(H,24,29)(H,25,33)/t9-,10-,11-,12-,13-,14-,15-,16-,17-,18-,20-,22+/m1/s1. The molecule has 12 atom stereocenters. The van der Waals surface area contributed by atoms with Crippen LogP contribution in [-0.4, -0.2) is 142 Å². The number of nitrogens with one attached hydrogen (secondary N) is 3. The van der Waals surface area contributed by atoms with E-state index in [9.17, 15) is 44.7 Å². The number of epoxide rings is 1. The zero-order chi connectivity index (χ0) is 29.0. The third kappa shape index (κ3) is 7.19. The third-order valence-corrected chi connectivity index (χ3v) is 6.36. The average Bonchev–Trinajstić information content (AvgIpc) is 3.68. The Morgan fingerprint density at radius 1 is 0.769 bits per heavy atom. The van der Waals surface area contributed by atoms with E-state index in [4.69, 9.17) is 23.7 Å². The van der Waals surface area contributed by atoms with Gasteiger partial charge in [0.1, 0.15) is 48.7 Å². The Kier molecular flexibility index (Phi) is 10.5. The van der Waals surface area contributed by atoms with Crippen molar-refractivity contribution in [3.05, 3.63) is 0 Å². The maximum absolute atomic E-state index is 12.7. The Morgan fingerprint density at radius 3 is 1.95 bits per heavy atom. The molecule has 222 valence electrons. The fraction of sp³-hybridized carbons (Fsp3) is 0.818. The molecule has 0 saturated carbocycles. The Balaban J connectivity index is 1.79. The lowest BCUT2D eigenvalue weighted by Gasteiger charge is -2.48. The van der Waals surface area contributed by atoms with Crippen molar-refractivity contribution in [3.8, 4) is 0 Å². The van der Waals surface area contributed by atoms with Crippen molar-refractivity contribution in [2.45, 2.75) is 94.2 Å². The second-order valence-electron chi connectivity index (χ2n) is 9.27.